The Bertz CT molecular complexity index is 518. The number of halogens is 3. The van der Waals surface area contributed by atoms with Gasteiger partial charge in [0.2, 0.25) is 0 Å². The van der Waals surface area contributed by atoms with E-state index >= 15 is 0 Å². The molecule has 1 aromatic rings. The number of carbonyl (C=O) groups is 1. The fourth-order valence-corrected chi connectivity index (χ4v) is 1.51. The average molecular weight is 318 g/mol. The first kappa shape index (κ1) is 17.7. The molecule has 5 nitrogen and oxygen atoms in total. The second kappa shape index (κ2) is 8.16. The van der Waals surface area contributed by atoms with Gasteiger partial charge in [-0.15, -0.1) is 13.2 Å². The molecule has 1 rings (SSSR count). The van der Waals surface area contributed by atoms with Gasteiger partial charge in [-0.25, -0.2) is 4.79 Å². The van der Waals surface area contributed by atoms with Crippen molar-refractivity contribution in [3.05, 3.63) is 42.2 Å². The molecule has 122 valence electrons. The van der Waals surface area contributed by atoms with Gasteiger partial charge in [-0.05, 0) is 17.7 Å². The highest BCUT2D eigenvalue weighted by atomic mass is 19.4. The molecule has 0 heterocycles. The van der Waals surface area contributed by atoms with E-state index in [0.717, 1.165) is 0 Å². The van der Waals surface area contributed by atoms with Gasteiger partial charge in [-0.2, -0.15) is 0 Å². The Labute approximate surface area is 126 Å². The number of benzene rings is 1. The summed E-state index contributed by atoms with van der Waals surface area (Å²) in [6.07, 6.45) is -4.27. The summed E-state index contributed by atoms with van der Waals surface area (Å²) in [5.74, 6) is 0.209. The number of hydrogen-bond acceptors (Lipinski definition) is 3. The zero-order chi connectivity index (χ0) is 16.6. The first-order valence-electron chi connectivity index (χ1n) is 6.38. The number of carbonyl (C=O) groups excluding carboxylic acids is 1. The minimum Gasteiger partial charge on any atom is -0.502 e. The lowest BCUT2D eigenvalue weighted by Crippen LogP contribution is -2.35. The Morgan fingerprint density at radius 1 is 1.32 bits per heavy atom. The van der Waals surface area contributed by atoms with Crippen LogP contribution in [0.15, 0.2) is 36.6 Å². The van der Waals surface area contributed by atoms with Crippen molar-refractivity contribution in [3.8, 4) is 5.75 Å². The van der Waals surface area contributed by atoms with Crippen LogP contribution in [-0.2, 0) is 11.3 Å². The molecule has 0 atom stereocenters. The maximum atomic E-state index is 12.1. The number of methoxy groups -OCH3 is 1. The number of rotatable bonds is 7. The monoisotopic (exact) mass is 318 g/mol. The van der Waals surface area contributed by atoms with Crippen molar-refractivity contribution in [1.82, 2.24) is 10.6 Å². The Morgan fingerprint density at radius 2 is 2.05 bits per heavy atom. The predicted molar refractivity (Wildman–Crippen MR) is 74.1 cm³/mol. The van der Waals surface area contributed by atoms with Gasteiger partial charge in [0, 0.05) is 19.5 Å². The maximum absolute atomic E-state index is 12.1. The van der Waals surface area contributed by atoms with E-state index in [1.165, 1.54) is 25.3 Å². The Morgan fingerprint density at radius 3 is 2.68 bits per heavy atom. The summed E-state index contributed by atoms with van der Waals surface area (Å²) < 4.78 is 44.9. The molecule has 0 spiro atoms. The van der Waals surface area contributed by atoms with E-state index in [1.54, 1.807) is 6.07 Å². The Kier molecular flexibility index (Phi) is 6.55. The fourth-order valence-electron chi connectivity index (χ4n) is 1.51. The van der Waals surface area contributed by atoms with Gasteiger partial charge >= 0.3 is 12.4 Å². The summed E-state index contributed by atoms with van der Waals surface area (Å²) in [5, 5.41) is 5.09. The minimum absolute atomic E-state index is 0.0755. The number of hydrogen-bond donors (Lipinski definition) is 2. The lowest BCUT2D eigenvalue weighted by atomic mass is 10.2. The van der Waals surface area contributed by atoms with Crippen LogP contribution in [0.5, 0.6) is 5.75 Å². The lowest BCUT2D eigenvalue weighted by molar-refractivity contribution is -0.274. The molecule has 0 saturated heterocycles. The van der Waals surface area contributed by atoms with Gasteiger partial charge in [-0.1, -0.05) is 18.7 Å². The van der Waals surface area contributed by atoms with Crippen LogP contribution in [0.2, 0.25) is 0 Å². The molecule has 2 N–H and O–H groups in total. The minimum atomic E-state index is -4.74. The smallest absolute Gasteiger partial charge is 0.502 e. The van der Waals surface area contributed by atoms with Crippen molar-refractivity contribution < 1.29 is 27.4 Å². The molecule has 2 amide bonds. The van der Waals surface area contributed by atoms with E-state index in [1.807, 2.05) is 0 Å². The summed E-state index contributed by atoms with van der Waals surface area (Å²) >= 11 is 0. The van der Waals surface area contributed by atoms with Crippen LogP contribution in [0.4, 0.5) is 18.0 Å². The van der Waals surface area contributed by atoms with Crippen LogP contribution in [-0.4, -0.2) is 26.0 Å². The third-order valence-electron chi connectivity index (χ3n) is 2.56. The molecule has 0 radical (unpaired) electrons. The SMILES string of the molecule is C=C(CCNC(=O)NCc1cccc(OC(F)(F)F)c1)OC. The van der Waals surface area contributed by atoms with Gasteiger partial charge in [-0.3, -0.25) is 0 Å². The molecule has 22 heavy (non-hydrogen) atoms. The summed E-state index contributed by atoms with van der Waals surface area (Å²) in [7, 11) is 1.48. The van der Waals surface area contributed by atoms with Crippen LogP contribution in [0, 0.1) is 0 Å². The van der Waals surface area contributed by atoms with E-state index in [4.69, 9.17) is 4.74 Å². The topological polar surface area (TPSA) is 59.6 Å². The Hall–Kier alpha value is -2.38. The quantitative estimate of drug-likeness (QED) is 0.760. The molecule has 0 aromatic heterocycles. The molecule has 8 heteroatoms. The molecule has 0 aliphatic heterocycles. The van der Waals surface area contributed by atoms with Crippen LogP contribution in [0.1, 0.15) is 12.0 Å². The van der Waals surface area contributed by atoms with Crippen LogP contribution < -0.4 is 15.4 Å². The average Bonchev–Trinajstić information content (AvgIpc) is 2.43. The molecule has 1 aromatic carbocycles. The first-order valence-corrected chi connectivity index (χ1v) is 6.38. The summed E-state index contributed by atoms with van der Waals surface area (Å²) in [6, 6.07) is 4.95. The van der Waals surface area contributed by atoms with Crippen molar-refractivity contribution in [3.63, 3.8) is 0 Å². The normalized spacial score (nSPS) is 10.7. The second-order valence-corrected chi connectivity index (χ2v) is 4.30. The van der Waals surface area contributed by atoms with Crippen molar-refractivity contribution in [2.24, 2.45) is 0 Å². The van der Waals surface area contributed by atoms with E-state index in [9.17, 15) is 18.0 Å². The third kappa shape index (κ3) is 7.41. The molecular formula is C14H17F3N2O3. The van der Waals surface area contributed by atoms with E-state index in [0.29, 0.717) is 24.3 Å². The van der Waals surface area contributed by atoms with Crippen molar-refractivity contribution >= 4 is 6.03 Å². The molecule has 0 fully saturated rings. The van der Waals surface area contributed by atoms with Gasteiger partial charge in [0.25, 0.3) is 0 Å². The number of nitrogens with one attached hydrogen (secondary N) is 2. The predicted octanol–water partition coefficient (Wildman–Crippen LogP) is 2.93. The van der Waals surface area contributed by atoms with Crippen LogP contribution in [0.25, 0.3) is 0 Å². The molecule has 0 aliphatic carbocycles. The standard InChI is InChI=1S/C14H17F3N2O3/c1-10(21-2)6-7-18-13(20)19-9-11-4-3-5-12(8-11)22-14(15,16)17/h3-5,8H,1,6-7,9H2,2H3,(H2,18,19,20). The molecule has 0 aliphatic rings. The van der Waals surface area contributed by atoms with Gasteiger partial charge in [0.05, 0.1) is 12.9 Å². The first-order chi connectivity index (χ1) is 10.3. The molecule has 0 unspecified atom stereocenters. The lowest BCUT2D eigenvalue weighted by Gasteiger charge is -2.11. The largest absolute Gasteiger partial charge is 0.573 e. The number of alkyl halides is 3. The highest BCUT2D eigenvalue weighted by Gasteiger charge is 2.31. The van der Waals surface area contributed by atoms with E-state index < -0.39 is 12.4 Å². The second-order valence-electron chi connectivity index (χ2n) is 4.30. The highest BCUT2D eigenvalue weighted by Crippen LogP contribution is 2.23. The van der Waals surface area contributed by atoms with Crippen molar-refractivity contribution in [2.45, 2.75) is 19.3 Å². The number of ether oxygens (including phenoxy) is 2. The fraction of sp³-hybridized carbons (Fsp3) is 0.357. The highest BCUT2D eigenvalue weighted by molar-refractivity contribution is 5.73. The van der Waals surface area contributed by atoms with E-state index in [-0.39, 0.29) is 12.3 Å². The van der Waals surface area contributed by atoms with Crippen LogP contribution >= 0.6 is 0 Å². The van der Waals surface area contributed by atoms with Gasteiger partial charge < -0.3 is 20.1 Å². The van der Waals surface area contributed by atoms with Gasteiger partial charge in [0.15, 0.2) is 0 Å². The Balaban J connectivity index is 2.39. The number of urea groups is 1. The molecule has 0 saturated carbocycles. The molecule has 0 bridgehead atoms. The zero-order valence-electron chi connectivity index (χ0n) is 12.0. The van der Waals surface area contributed by atoms with E-state index in [2.05, 4.69) is 21.9 Å². The number of amides is 2. The molecular weight excluding hydrogens is 301 g/mol. The summed E-state index contributed by atoms with van der Waals surface area (Å²) in [6.45, 7) is 4.02. The summed E-state index contributed by atoms with van der Waals surface area (Å²) in [5.41, 5.74) is 0.484. The third-order valence-corrected chi connectivity index (χ3v) is 2.56. The van der Waals surface area contributed by atoms with Crippen molar-refractivity contribution in [2.75, 3.05) is 13.7 Å². The maximum Gasteiger partial charge on any atom is 0.573 e. The zero-order valence-corrected chi connectivity index (χ0v) is 12.0. The van der Waals surface area contributed by atoms with Gasteiger partial charge in [0.1, 0.15) is 5.75 Å². The summed E-state index contributed by atoms with van der Waals surface area (Å²) in [4.78, 5) is 11.5. The van der Waals surface area contributed by atoms with Crippen molar-refractivity contribution in [1.29, 1.82) is 0 Å². The van der Waals surface area contributed by atoms with Crippen LogP contribution in [0.3, 0.4) is 0 Å².